The average molecular weight is 329 g/mol. The van der Waals surface area contributed by atoms with E-state index in [1.165, 1.54) is 0 Å². The second-order valence-corrected chi connectivity index (χ2v) is 5.61. The lowest BCUT2D eigenvalue weighted by atomic mass is 10.1. The number of hydrogen-bond acceptors (Lipinski definition) is 6. The second kappa shape index (κ2) is 6.00. The van der Waals surface area contributed by atoms with Gasteiger partial charge in [0.25, 0.3) is 0 Å². The molecular formula is C10H11F3NO6P. The van der Waals surface area contributed by atoms with Gasteiger partial charge in [-0.2, -0.15) is 13.2 Å². The van der Waals surface area contributed by atoms with Crippen molar-refractivity contribution in [1.82, 2.24) is 0 Å². The standard InChI is InChI=1S/C10H11F3NO6P/c1-6-4-7(10(11,12)13)5-8(14(15)16)9(6)20-21(17,18-2)19-3/h4-5H,1-3H3. The van der Waals surface area contributed by atoms with Crippen molar-refractivity contribution in [2.24, 2.45) is 0 Å². The summed E-state index contributed by atoms with van der Waals surface area (Å²) in [5.41, 5.74) is -2.44. The number of aryl methyl sites for hydroxylation is 1. The van der Waals surface area contributed by atoms with Gasteiger partial charge < -0.3 is 4.52 Å². The number of hydrogen-bond donors (Lipinski definition) is 0. The molecule has 11 heteroatoms. The number of nitro benzene ring substituents is 1. The zero-order valence-corrected chi connectivity index (χ0v) is 12.0. The molecule has 0 radical (unpaired) electrons. The Morgan fingerprint density at radius 1 is 1.24 bits per heavy atom. The molecular weight excluding hydrogens is 318 g/mol. The van der Waals surface area contributed by atoms with E-state index >= 15 is 0 Å². The number of alkyl halides is 3. The fourth-order valence-electron chi connectivity index (χ4n) is 1.43. The van der Waals surface area contributed by atoms with Gasteiger partial charge in [-0.3, -0.25) is 19.2 Å². The molecule has 118 valence electrons. The van der Waals surface area contributed by atoms with Crippen molar-refractivity contribution in [3.05, 3.63) is 33.4 Å². The van der Waals surface area contributed by atoms with E-state index in [-0.39, 0.29) is 11.6 Å². The van der Waals surface area contributed by atoms with E-state index in [0.717, 1.165) is 21.1 Å². The van der Waals surface area contributed by atoms with Crippen LogP contribution in [0.1, 0.15) is 11.1 Å². The smallest absolute Gasteiger partial charge is 0.396 e. The molecule has 1 aromatic rings. The van der Waals surface area contributed by atoms with Crippen LogP contribution in [0.15, 0.2) is 12.1 Å². The quantitative estimate of drug-likeness (QED) is 0.465. The lowest BCUT2D eigenvalue weighted by Crippen LogP contribution is -2.08. The topological polar surface area (TPSA) is 87.9 Å². The summed E-state index contributed by atoms with van der Waals surface area (Å²) in [6, 6.07) is 0.927. The van der Waals surface area contributed by atoms with E-state index in [1.807, 2.05) is 0 Å². The highest BCUT2D eigenvalue weighted by Crippen LogP contribution is 2.51. The molecule has 0 unspecified atom stereocenters. The van der Waals surface area contributed by atoms with E-state index < -0.39 is 35.9 Å². The maximum Gasteiger partial charge on any atom is 0.529 e. The summed E-state index contributed by atoms with van der Waals surface area (Å²) in [6.45, 7) is 1.15. The van der Waals surface area contributed by atoms with E-state index in [0.29, 0.717) is 6.07 Å². The average Bonchev–Trinajstić information content (AvgIpc) is 2.39. The summed E-state index contributed by atoms with van der Waals surface area (Å²) >= 11 is 0. The number of phosphoric acid groups is 1. The predicted octanol–water partition coefficient (Wildman–Crippen LogP) is 3.70. The molecule has 0 aliphatic heterocycles. The van der Waals surface area contributed by atoms with Crippen LogP contribution in [-0.4, -0.2) is 19.1 Å². The monoisotopic (exact) mass is 329 g/mol. The van der Waals surface area contributed by atoms with Crippen LogP contribution in [0.3, 0.4) is 0 Å². The molecule has 21 heavy (non-hydrogen) atoms. The van der Waals surface area contributed by atoms with Crippen LogP contribution in [0.25, 0.3) is 0 Å². The first-order valence-electron chi connectivity index (χ1n) is 5.31. The zero-order valence-electron chi connectivity index (χ0n) is 11.1. The minimum absolute atomic E-state index is 0.231. The Bertz CT molecular complexity index is 595. The molecule has 0 saturated heterocycles. The largest absolute Gasteiger partial charge is 0.529 e. The Labute approximate surface area is 117 Å². The van der Waals surface area contributed by atoms with Crippen LogP contribution < -0.4 is 4.52 Å². The van der Waals surface area contributed by atoms with Gasteiger partial charge in [-0.05, 0) is 18.6 Å². The molecule has 1 aromatic carbocycles. The van der Waals surface area contributed by atoms with Crippen molar-refractivity contribution in [1.29, 1.82) is 0 Å². The van der Waals surface area contributed by atoms with Crippen molar-refractivity contribution in [3.63, 3.8) is 0 Å². The van der Waals surface area contributed by atoms with Crippen LogP contribution in [0, 0.1) is 17.0 Å². The maximum atomic E-state index is 12.6. The van der Waals surface area contributed by atoms with Crippen LogP contribution in [-0.2, 0) is 19.8 Å². The Kier molecular flexibility index (Phi) is 4.98. The molecule has 0 saturated carbocycles. The first kappa shape index (κ1) is 17.4. The summed E-state index contributed by atoms with van der Waals surface area (Å²) in [7, 11) is -2.20. The minimum Gasteiger partial charge on any atom is -0.396 e. The first-order chi connectivity index (χ1) is 9.54. The van der Waals surface area contributed by atoms with Crippen LogP contribution >= 0.6 is 7.82 Å². The molecule has 0 heterocycles. The van der Waals surface area contributed by atoms with Gasteiger partial charge in [0.15, 0.2) is 0 Å². The lowest BCUT2D eigenvalue weighted by molar-refractivity contribution is -0.385. The van der Waals surface area contributed by atoms with Crippen LogP contribution in [0.2, 0.25) is 0 Å². The van der Waals surface area contributed by atoms with Gasteiger partial charge in [-0.25, -0.2) is 4.57 Å². The normalized spacial score (nSPS) is 12.3. The Balaban J connectivity index is 3.46. The summed E-state index contributed by atoms with van der Waals surface area (Å²) in [5.74, 6) is -0.611. The van der Waals surface area contributed by atoms with Crippen molar-refractivity contribution in [2.75, 3.05) is 14.2 Å². The van der Waals surface area contributed by atoms with Crippen LogP contribution in [0.4, 0.5) is 18.9 Å². The SMILES string of the molecule is COP(=O)(OC)Oc1c(C)cc(C(F)(F)F)cc1[N+](=O)[O-]. The number of phosphoric ester groups is 1. The summed E-state index contributed by atoms with van der Waals surface area (Å²) in [6.07, 6.45) is -4.76. The Hall–Kier alpha value is -1.64. The highest BCUT2D eigenvalue weighted by atomic mass is 31.2. The van der Waals surface area contributed by atoms with Crippen molar-refractivity contribution < 1.29 is 36.2 Å². The number of benzene rings is 1. The Morgan fingerprint density at radius 3 is 2.14 bits per heavy atom. The highest BCUT2D eigenvalue weighted by molar-refractivity contribution is 7.48. The van der Waals surface area contributed by atoms with E-state index in [2.05, 4.69) is 9.05 Å². The highest BCUT2D eigenvalue weighted by Gasteiger charge is 2.36. The minimum atomic E-state index is -4.76. The van der Waals surface area contributed by atoms with Crippen LogP contribution in [0.5, 0.6) is 5.75 Å². The van der Waals surface area contributed by atoms with Gasteiger partial charge in [0.1, 0.15) is 0 Å². The number of nitrogens with zero attached hydrogens (tertiary/aromatic N) is 1. The van der Waals surface area contributed by atoms with Crippen molar-refractivity contribution in [3.8, 4) is 5.75 Å². The maximum absolute atomic E-state index is 12.6. The second-order valence-electron chi connectivity index (χ2n) is 3.80. The predicted molar refractivity (Wildman–Crippen MR) is 65.1 cm³/mol. The molecule has 0 fully saturated rings. The molecule has 7 nitrogen and oxygen atoms in total. The van der Waals surface area contributed by atoms with E-state index in [1.54, 1.807) is 0 Å². The molecule has 0 amide bonds. The van der Waals surface area contributed by atoms with Gasteiger partial charge in [-0.1, -0.05) is 0 Å². The van der Waals surface area contributed by atoms with E-state index in [4.69, 9.17) is 4.52 Å². The summed E-state index contributed by atoms with van der Waals surface area (Å²) in [4.78, 5) is 9.83. The van der Waals surface area contributed by atoms with Gasteiger partial charge in [0.05, 0.1) is 10.5 Å². The molecule has 1 rings (SSSR count). The first-order valence-corrected chi connectivity index (χ1v) is 6.77. The lowest BCUT2D eigenvalue weighted by Gasteiger charge is -2.17. The molecule has 0 aromatic heterocycles. The third kappa shape index (κ3) is 3.93. The number of halogens is 3. The molecule has 0 spiro atoms. The van der Waals surface area contributed by atoms with E-state index in [9.17, 15) is 27.9 Å². The summed E-state index contributed by atoms with van der Waals surface area (Å²) in [5, 5.41) is 10.9. The summed E-state index contributed by atoms with van der Waals surface area (Å²) < 4.78 is 63.4. The number of nitro groups is 1. The molecule has 0 aliphatic carbocycles. The molecule has 0 N–H and O–H groups in total. The fourth-order valence-corrected chi connectivity index (χ4v) is 2.19. The van der Waals surface area contributed by atoms with Gasteiger partial charge in [-0.15, -0.1) is 0 Å². The van der Waals surface area contributed by atoms with Gasteiger partial charge >= 0.3 is 19.7 Å². The van der Waals surface area contributed by atoms with Crippen molar-refractivity contribution in [2.45, 2.75) is 13.1 Å². The van der Waals surface area contributed by atoms with Crippen molar-refractivity contribution >= 4 is 13.5 Å². The third-order valence-electron chi connectivity index (χ3n) is 2.43. The zero-order chi connectivity index (χ0) is 16.4. The number of rotatable bonds is 5. The van der Waals surface area contributed by atoms with Gasteiger partial charge in [0.2, 0.25) is 5.75 Å². The molecule has 0 atom stereocenters. The Morgan fingerprint density at radius 2 is 1.76 bits per heavy atom. The fraction of sp³-hybridized carbons (Fsp3) is 0.400. The molecule has 0 bridgehead atoms. The third-order valence-corrected chi connectivity index (χ3v) is 3.73. The van der Waals surface area contributed by atoms with Gasteiger partial charge in [0, 0.05) is 20.3 Å². The molecule has 0 aliphatic rings.